The van der Waals surface area contributed by atoms with Crippen LogP contribution in [-0.4, -0.2) is 10.1 Å². The van der Waals surface area contributed by atoms with Crippen LogP contribution in [-0.2, 0) is 6.54 Å². The Bertz CT molecular complexity index is 442. The van der Waals surface area contributed by atoms with E-state index in [4.69, 9.17) is 5.73 Å². The maximum atomic E-state index is 9.81. The lowest BCUT2D eigenvalue weighted by molar-refractivity contribution is -0.00292. The Morgan fingerprint density at radius 3 is 2.22 bits per heavy atom. The van der Waals surface area contributed by atoms with Crippen molar-refractivity contribution in [3.63, 3.8) is 0 Å². The fourth-order valence-electron chi connectivity index (χ4n) is 4.97. The molecule has 1 aromatic heterocycles. The molecule has 3 nitrogen and oxygen atoms in total. The third-order valence-corrected chi connectivity index (χ3v) is 6.56. The summed E-state index contributed by atoms with van der Waals surface area (Å²) in [6, 6.07) is 0. The van der Waals surface area contributed by atoms with Gasteiger partial charge in [-0.3, -0.25) is 0 Å². The molecule has 0 unspecified atom stereocenters. The summed E-state index contributed by atoms with van der Waals surface area (Å²) in [6.07, 6.45) is 7.08. The van der Waals surface area contributed by atoms with Crippen molar-refractivity contribution < 1.29 is 5.11 Å². The summed E-state index contributed by atoms with van der Waals surface area (Å²) in [7, 11) is 0. The summed E-state index contributed by atoms with van der Waals surface area (Å²) in [4.78, 5) is 5.28. The lowest BCUT2D eigenvalue weighted by Gasteiger charge is -2.53. The maximum Gasteiger partial charge on any atom is 0.226 e. The summed E-state index contributed by atoms with van der Waals surface area (Å²) in [5.41, 5.74) is 5.65. The van der Waals surface area contributed by atoms with Crippen LogP contribution in [0.25, 0.3) is 0 Å². The molecule has 0 aliphatic heterocycles. The van der Waals surface area contributed by atoms with Gasteiger partial charge >= 0.3 is 0 Å². The highest BCUT2D eigenvalue weighted by Crippen LogP contribution is 2.60. The van der Waals surface area contributed by atoms with E-state index < -0.39 is 0 Å². The maximum absolute atomic E-state index is 9.81. The zero-order valence-corrected chi connectivity index (χ0v) is 11.3. The SMILES string of the molecule is NCc1sc(C2C3CC4CC(C3)CC2C4)nc1O. The van der Waals surface area contributed by atoms with Gasteiger partial charge in [-0.15, -0.1) is 11.3 Å². The molecule has 4 aliphatic rings. The molecule has 0 saturated heterocycles. The van der Waals surface area contributed by atoms with Crippen LogP contribution in [0.5, 0.6) is 5.88 Å². The van der Waals surface area contributed by atoms with Crippen LogP contribution in [0.2, 0.25) is 0 Å². The van der Waals surface area contributed by atoms with Crippen LogP contribution in [0.1, 0.15) is 47.9 Å². The molecule has 3 N–H and O–H groups in total. The molecule has 1 heterocycles. The Kier molecular flexibility index (Phi) is 2.46. The van der Waals surface area contributed by atoms with Gasteiger partial charge in [-0.05, 0) is 55.8 Å². The van der Waals surface area contributed by atoms with Crippen molar-refractivity contribution in [2.45, 2.75) is 44.6 Å². The van der Waals surface area contributed by atoms with E-state index in [-0.39, 0.29) is 5.88 Å². The molecule has 0 atom stereocenters. The zero-order valence-electron chi connectivity index (χ0n) is 10.5. The van der Waals surface area contributed by atoms with Crippen LogP contribution < -0.4 is 5.73 Å². The number of aromatic nitrogens is 1. The van der Waals surface area contributed by atoms with Gasteiger partial charge in [0.2, 0.25) is 5.88 Å². The molecule has 0 aromatic carbocycles. The molecule has 4 fully saturated rings. The van der Waals surface area contributed by atoms with Crippen LogP contribution in [0, 0.1) is 23.7 Å². The molecule has 18 heavy (non-hydrogen) atoms. The Morgan fingerprint density at radius 2 is 1.72 bits per heavy atom. The summed E-state index contributed by atoms with van der Waals surface area (Å²) in [6.45, 7) is 0.413. The molecule has 4 bridgehead atoms. The first kappa shape index (κ1) is 11.2. The van der Waals surface area contributed by atoms with E-state index in [1.165, 1.54) is 37.1 Å². The second kappa shape index (κ2) is 3.94. The standard InChI is InChI=1S/C14H20N2OS/c15-6-11-13(17)16-14(18-11)12-9-2-7-1-8(4-9)5-10(12)3-7/h7-10,12,17H,1-6,15H2. The summed E-state index contributed by atoms with van der Waals surface area (Å²) in [5.74, 6) is 4.45. The minimum absolute atomic E-state index is 0.186. The van der Waals surface area contributed by atoms with Gasteiger partial charge in [-0.25, -0.2) is 4.98 Å². The highest BCUT2D eigenvalue weighted by Gasteiger charge is 2.49. The molecule has 0 radical (unpaired) electrons. The number of aromatic hydroxyl groups is 1. The molecule has 4 saturated carbocycles. The predicted molar refractivity (Wildman–Crippen MR) is 71.5 cm³/mol. The molecule has 1 aromatic rings. The zero-order chi connectivity index (χ0) is 12.3. The van der Waals surface area contributed by atoms with Gasteiger partial charge in [0.1, 0.15) is 5.01 Å². The highest BCUT2D eigenvalue weighted by atomic mass is 32.1. The van der Waals surface area contributed by atoms with Gasteiger partial charge in [0.05, 0.1) is 4.88 Å². The Hall–Kier alpha value is -0.610. The minimum Gasteiger partial charge on any atom is -0.492 e. The Morgan fingerprint density at radius 1 is 1.11 bits per heavy atom. The minimum atomic E-state index is 0.186. The first-order chi connectivity index (χ1) is 8.74. The van der Waals surface area contributed by atoms with Gasteiger partial charge in [-0.1, -0.05) is 0 Å². The van der Waals surface area contributed by atoms with Gasteiger partial charge in [0, 0.05) is 12.5 Å². The Balaban J connectivity index is 1.67. The molecule has 4 aliphatic carbocycles. The lowest BCUT2D eigenvalue weighted by Crippen LogP contribution is -2.43. The van der Waals surface area contributed by atoms with E-state index in [0.717, 1.165) is 28.5 Å². The van der Waals surface area contributed by atoms with Crippen molar-refractivity contribution in [1.29, 1.82) is 0 Å². The van der Waals surface area contributed by atoms with Gasteiger partial charge < -0.3 is 10.8 Å². The quantitative estimate of drug-likeness (QED) is 0.863. The number of rotatable bonds is 2. The van der Waals surface area contributed by atoms with Gasteiger partial charge in [-0.2, -0.15) is 0 Å². The molecule has 0 amide bonds. The number of hydrogen-bond acceptors (Lipinski definition) is 4. The summed E-state index contributed by atoms with van der Waals surface area (Å²) < 4.78 is 0. The van der Waals surface area contributed by atoms with E-state index in [9.17, 15) is 5.11 Å². The third-order valence-electron chi connectivity index (χ3n) is 5.39. The number of nitrogens with two attached hydrogens (primary N) is 1. The summed E-state index contributed by atoms with van der Waals surface area (Å²) >= 11 is 1.65. The normalized spacial score (nSPS) is 41.5. The van der Waals surface area contributed by atoms with Crippen LogP contribution >= 0.6 is 11.3 Å². The van der Waals surface area contributed by atoms with E-state index in [2.05, 4.69) is 4.98 Å². The molecular formula is C14H20N2OS. The van der Waals surface area contributed by atoms with E-state index in [0.29, 0.717) is 12.5 Å². The summed E-state index contributed by atoms with van der Waals surface area (Å²) in [5, 5.41) is 11.0. The monoisotopic (exact) mass is 264 g/mol. The van der Waals surface area contributed by atoms with E-state index >= 15 is 0 Å². The molecule has 98 valence electrons. The fourth-order valence-corrected chi connectivity index (χ4v) is 6.09. The second-order valence-corrected chi connectivity index (χ2v) is 7.57. The van der Waals surface area contributed by atoms with Crippen molar-refractivity contribution in [1.82, 2.24) is 4.98 Å². The van der Waals surface area contributed by atoms with Crippen molar-refractivity contribution in [3.05, 3.63) is 9.88 Å². The van der Waals surface area contributed by atoms with Crippen LogP contribution in [0.3, 0.4) is 0 Å². The second-order valence-electron chi connectivity index (χ2n) is 6.46. The third kappa shape index (κ3) is 1.55. The molecule has 0 spiro atoms. The predicted octanol–water partition coefficient (Wildman–Crippen LogP) is 2.85. The van der Waals surface area contributed by atoms with Gasteiger partial charge in [0.15, 0.2) is 0 Å². The van der Waals surface area contributed by atoms with Crippen molar-refractivity contribution in [3.8, 4) is 5.88 Å². The largest absolute Gasteiger partial charge is 0.492 e. The molecule has 4 heteroatoms. The van der Waals surface area contributed by atoms with Crippen molar-refractivity contribution >= 4 is 11.3 Å². The average molecular weight is 264 g/mol. The van der Waals surface area contributed by atoms with E-state index in [1.54, 1.807) is 11.3 Å². The van der Waals surface area contributed by atoms with Crippen LogP contribution in [0.15, 0.2) is 0 Å². The van der Waals surface area contributed by atoms with Crippen molar-refractivity contribution in [2.75, 3.05) is 0 Å². The fraction of sp³-hybridized carbons (Fsp3) is 0.786. The Labute approximate surface area is 111 Å². The first-order valence-electron chi connectivity index (χ1n) is 7.13. The average Bonchev–Trinajstić information content (AvgIpc) is 2.69. The topological polar surface area (TPSA) is 59.1 Å². The highest BCUT2D eigenvalue weighted by molar-refractivity contribution is 7.12. The number of thiazole rings is 1. The van der Waals surface area contributed by atoms with E-state index in [1.807, 2.05) is 0 Å². The smallest absolute Gasteiger partial charge is 0.226 e. The van der Waals surface area contributed by atoms with Crippen molar-refractivity contribution in [2.24, 2.45) is 29.4 Å². The molecule has 5 rings (SSSR count). The van der Waals surface area contributed by atoms with Gasteiger partial charge in [0.25, 0.3) is 0 Å². The lowest BCUT2D eigenvalue weighted by atomic mass is 9.52. The number of hydrogen-bond donors (Lipinski definition) is 2. The first-order valence-corrected chi connectivity index (χ1v) is 7.95. The van der Waals surface area contributed by atoms with Crippen LogP contribution in [0.4, 0.5) is 0 Å². The number of nitrogens with zero attached hydrogens (tertiary/aromatic N) is 1. The molecular weight excluding hydrogens is 244 g/mol.